The molecule has 2 aromatic carbocycles. The number of hydrazone groups is 1. The Morgan fingerprint density at radius 3 is 2.27 bits per heavy atom. The van der Waals surface area contributed by atoms with Crippen LogP contribution in [-0.2, 0) is 4.79 Å². The van der Waals surface area contributed by atoms with Crippen molar-refractivity contribution in [2.45, 2.75) is 25.2 Å². The van der Waals surface area contributed by atoms with E-state index in [-0.39, 0.29) is 5.91 Å². The maximum Gasteiger partial charge on any atom is 0.240 e. The van der Waals surface area contributed by atoms with E-state index in [0.29, 0.717) is 6.42 Å². The molecule has 3 nitrogen and oxygen atoms in total. The van der Waals surface area contributed by atoms with Gasteiger partial charge in [0.05, 0.1) is 6.21 Å². The minimum absolute atomic E-state index is 0.0667. The Hall–Kier alpha value is -2.07. The van der Waals surface area contributed by atoms with Gasteiger partial charge in [-0.1, -0.05) is 47.5 Å². The van der Waals surface area contributed by atoms with Crippen LogP contribution in [0.3, 0.4) is 0 Å². The lowest BCUT2D eigenvalue weighted by Crippen LogP contribution is -2.17. The van der Waals surface area contributed by atoms with Crippen LogP contribution < -0.4 is 5.43 Å². The highest BCUT2D eigenvalue weighted by molar-refractivity contribution is 7.99. The fraction of sp³-hybridized carbons (Fsp3) is 0.222. The van der Waals surface area contributed by atoms with Crippen LogP contribution in [0.5, 0.6) is 0 Å². The number of amides is 1. The van der Waals surface area contributed by atoms with Gasteiger partial charge < -0.3 is 0 Å². The van der Waals surface area contributed by atoms with Gasteiger partial charge in [0, 0.05) is 17.1 Å². The van der Waals surface area contributed by atoms with Crippen LogP contribution in [0.4, 0.5) is 0 Å². The molecule has 0 bridgehead atoms. The predicted molar refractivity (Wildman–Crippen MR) is 93.4 cm³/mol. The molecule has 1 amide bonds. The Labute approximate surface area is 135 Å². The number of carbonyl (C=O) groups excluding carboxylic acids is 1. The van der Waals surface area contributed by atoms with Crippen molar-refractivity contribution in [3.05, 3.63) is 65.2 Å². The summed E-state index contributed by atoms with van der Waals surface area (Å²) in [5, 5.41) is 3.97. The summed E-state index contributed by atoms with van der Waals surface area (Å²) >= 11 is 1.68. The van der Waals surface area contributed by atoms with Crippen molar-refractivity contribution in [1.29, 1.82) is 0 Å². The smallest absolute Gasteiger partial charge is 0.240 e. The molecular weight excluding hydrogens is 292 g/mol. The molecule has 2 rings (SSSR count). The fourth-order valence-electron chi connectivity index (χ4n) is 1.78. The van der Waals surface area contributed by atoms with Crippen molar-refractivity contribution in [2.75, 3.05) is 5.75 Å². The van der Waals surface area contributed by atoms with Gasteiger partial charge in [-0.2, -0.15) is 5.10 Å². The van der Waals surface area contributed by atoms with Gasteiger partial charge >= 0.3 is 0 Å². The standard InChI is InChI=1S/C18H20N2OS/c1-14-3-7-16(8-4-14)13-19-20-18(21)11-12-22-17-9-5-15(2)6-10-17/h3-10,13H,11-12H2,1-2H3,(H,20,21)/b19-13-. The zero-order valence-corrected chi connectivity index (χ0v) is 13.7. The number of nitrogens with one attached hydrogen (secondary N) is 1. The van der Waals surface area contributed by atoms with Gasteiger partial charge in [-0.05, 0) is 31.5 Å². The lowest BCUT2D eigenvalue weighted by atomic mass is 10.2. The number of carbonyl (C=O) groups is 1. The highest BCUT2D eigenvalue weighted by atomic mass is 32.2. The van der Waals surface area contributed by atoms with Gasteiger partial charge in [-0.25, -0.2) is 5.43 Å². The SMILES string of the molecule is Cc1ccc(/C=N\NC(=O)CCSc2ccc(C)cc2)cc1. The fourth-order valence-corrected chi connectivity index (χ4v) is 2.63. The van der Waals surface area contributed by atoms with Crippen molar-refractivity contribution in [3.8, 4) is 0 Å². The van der Waals surface area contributed by atoms with Gasteiger partial charge in [0.1, 0.15) is 0 Å². The molecule has 22 heavy (non-hydrogen) atoms. The van der Waals surface area contributed by atoms with Crippen LogP contribution in [0.2, 0.25) is 0 Å². The number of hydrogen-bond acceptors (Lipinski definition) is 3. The summed E-state index contributed by atoms with van der Waals surface area (Å²) in [6.45, 7) is 4.10. The van der Waals surface area contributed by atoms with Crippen LogP contribution >= 0.6 is 11.8 Å². The van der Waals surface area contributed by atoms with Gasteiger partial charge in [-0.15, -0.1) is 11.8 Å². The second-order valence-electron chi connectivity index (χ2n) is 5.12. The number of thioether (sulfide) groups is 1. The van der Waals surface area contributed by atoms with Crippen LogP contribution in [0.25, 0.3) is 0 Å². The molecule has 0 aliphatic heterocycles. The number of aryl methyl sites for hydroxylation is 2. The molecule has 2 aromatic rings. The first-order chi connectivity index (χ1) is 10.6. The Morgan fingerprint density at radius 1 is 1.05 bits per heavy atom. The molecule has 114 valence electrons. The first-order valence-corrected chi connectivity index (χ1v) is 8.20. The summed E-state index contributed by atoms with van der Waals surface area (Å²) in [5.74, 6) is 0.678. The predicted octanol–water partition coefficient (Wildman–Crippen LogP) is 3.94. The number of hydrogen-bond donors (Lipinski definition) is 1. The minimum atomic E-state index is -0.0667. The third-order valence-electron chi connectivity index (χ3n) is 3.10. The number of rotatable bonds is 6. The lowest BCUT2D eigenvalue weighted by Gasteiger charge is -2.02. The molecule has 0 aliphatic rings. The highest BCUT2D eigenvalue weighted by Gasteiger charge is 2.00. The molecule has 0 saturated heterocycles. The number of benzene rings is 2. The van der Waals surface area contributed by atoms with E-state index in [1.807, 2.05) is 31.2 Å². The van der Waals surface area contributed by atoms with E-state index in [1.165, 1.54) is 16.0 Å². The molecule has 0 unspecified atom stereocenters. The summed E-state index contributed by atoms with van der Waals surface area (Å²) in [6, 6.07) is 16.3. The van der Waals surface area contributed by atoms with Gasteiger partial charge in [-0.3, -0.25) is 4.79 Å². The maximum absolute atomic E-state index is 11.7. The molecule has 0 radical (unpaired) electrons. The van der Waals surface area contributed by atoms with E-state index in [4.69, 9.17) is 0 Å². The molecule has 1 N–H and O–H groups in total. The first-order valence-electron chi connectivity index (χ1n) is 7.21. The van der Waals surface area contributed by atoms with Gasteiger partial charge in [0.15, 0.2) is 0 Å². The van der Waals surface area contributed by atoms with Crippen molar-refractivity contribution >= 4 is 23.9 Å². The zero-order chi connectivity index (χ0) is 15.8. The summed E-state index contributed by atoms with van der Waals surface area (Å²) in [6.07, 6.45) is 2.11. The van der Waals surface area contributed by atoms with Crippen molar-refractivity contribution in [2.24, 2.45) is 5.10 Å². The Morgan fingerprint density at radius 2 is 1.64 bits per heavy atom. The summed E-state index contributed by atoms with van der Waals surface area (Å²) < 4.78 is 0. The van der Waals surface area contributed by atoms with Gasteiger partial charge in [0.2, 0.25) is 5.91 Å². The molecule has 0 atom stereocenters. The Bertz CT molecular complexity index is 633. The summed E-state index contributed by atoms with van der Waals surface area (Å²) in [5.41, 5.74) is 5.98. The maximum atomic E-state index is 11.7. The van der Waals surface area contributed by atoms with E-state index in [9.17, 15) is 4.79 Å². The van der Waals surface area contributed by atoms with Crippen LogP contribution in [0.1, 0.15) is 23.1 Å². The Kier molecular flexibility index (Phi) is 6.22. The number of nitrogens with zero attached hydrogens (tertiary/aromatic N) is 1. The monoisotopic (exact) mass is 312 g/mol. The lowest BCUT2D eigenvalue weighted by molar-refractivity contribution is -0.120. The summed E-state index contributed by atoms with van der Waals surface area (Å²) in [4.78, 5) is 12.9. The van der Waals surface area contributed by atoms with Crippen molar-refractivity contribution in [1.82, 2.24) is 5.43 Å². The molecule has 4 heteroatoms. The quantitative estimate of drug-likeness (QED) is 0.499. The van der Waals surface area contributed by atoms with Crippen molar-refractivity contribution < 1.29 is 4.79 Å². The highest BCUT2D eigenvalue weighted by Crippen LogP contribution is 2.18. The van der Waals surface area contributed by atoms with E-state index in [2.05, 4.69) is 41.7 Å². The molecule has 0 fully saturated rings. The van der Waals surface area contributed by atoms with Crippen LogP contribution in [-0.4, -0.2) is 17.9 Å². The van der Waals surface area contributed by atoms with Crippen LogP contribution in [0, 0.1) is 13.8 Å². The van der Waals surface area contributed by atoms with E-state index in [1.54, 1.807) is 18.0 Å². The molecular formula is C18H20N2OS. The molecule has 0 aromatic heterocycles. The van der Waals surface area contributed by atoms with Gasteiger partial charge in [0.25, 0.3) is 0 Å². The first kappa shape index (κ1) is 16.3. The third kappa shape index (κ3) is 5.74. The second kappa shape index (κ2) is 8.39. The molecule has 0 aliphatic carbocycles. The van der Waals surface area contributed by atoms with E-state index in [0.717, 1.165) is 11.3 Å². The molecule has 0 heterocycles. The second-order valence-corrected chi connectivity index (χ2v) is 6.28. The normalized spacial score (nSPS) is 10.8. The third-order valence-corrected chi connectivity index (χ3v) is 4.11. The van der Waals surface area contributed by atoms with E-state index >= 15 is 0 Å². The topological polar surface area (TPSA) is 41.5 Å². The Balaban J connectivity index is 1.69. The average Bonchev–Trinajstić information content (AvgIpc) is 2.51. The zero-order valence-electron chi connectivity index (χ0n) is 12.9. The van der Waals surface area contributed by atoms with Crippen LogP contribution in [0.15, 0.2) is 58.5 Å². The largest absolute Gasteiger partial charge is 0.273 e. The minimum Gasteiger partial charge on any atom is -0.273 e. The average molecular weight is 312 g/mol. The molecule has 0 spiro atoms. The summed E-state index contributed by atoms with van der Waals surface area (Å²) in [7, 11) is 0. The van der Waals surface area contributed by atoms with Crippen molar-refractivity contribution in [3.63, 3.8) is 0 Å². The van der Waals surface area contributed by atoms with E-state index < -0.39 is 0 Å². The molecule has 0 saturated carbocycles.